The van der Waals surface area contributed by atoms with Crippen molar-refractivity contribution in [3.05, 3.63) is 28.2 Å². The van der Waals surface area contributed by atoms with Gasteiger partial charge in [-0.25, -0.2) is 0 Å². The van der Waals surface area contributed by atoms with Crippen LogP contribution in [0.4, 0.5) is 5.69 Å². The molecule has 1 aromatic carbocycles. The van der Waals surface area contributed by atoms with Gasteiger partial charge in [0.2, 0.25) is 0 Å². The molecule has 0 unspecified atom stereocenters. The van der Waals surface area contributed by atoms with E-state index in [0.717, 1.165) is 13.1 Å². The Balaban J connectivity index is 2.04. The maximum Gasteiger partial charge on any atom is 0.0511 e. The first-order valence-electron chi connectivity index (χ1n) is 8.38. The number of anilines is 1. The summed E-state index contributed by atoms with van der Waals surface area (Å²) in [5.74, 6) is 0. The number of hydrogen-bond acceptors (Lipinski definition) is 2. The van der Waals surface area contributed by atoms with Gasteiger partial charge >= 0.3 is 0 Å². The molecule has 0 atom stereocenters. The molecule has 0 amide bonds. The molecule has 118 valence electrons. The van der Waals surface area contributed by atoms with Crippen LogP contribution in [-0.4, -0.2) is 19.6 Å². The van der Waals surface area contributed by atoms with Crippen molar-refractivity contribution >= 4 is 21.6 Å². The summed E-state index contributed by atoms with van der Waals surface area (Å²) in [6, 6.07) is 6.82. The van der Waals surface area contributed by atoms with Gasteiger partial charge in [0.05, 0.1) is 5.69 Å². The van der Waals surface area contributed by atoms with Crippen molar-refractivity contribution in [1.29, 1.82) is 0 Å². The Bertz CT molecular complexity index is 455. The molecule has 2 nitrogen and oxygen atoms in total. The van der Waals surface area contributed by atoms with Crippen molar-refractivity contribution in [3.8, 4) is 0 Å². The predicted molar refractivity (Wildman–Crippen MR) is 96.0 cm³/mol. The zero-order chi connectivity index (χ0) is 15.3. The van der Waals surface area contributed by atoms with E-state index in [1.807, 2.05) is 0 Å². The lowest BCUT2D eigenvalue weighted by molar-refractivity contribution is 0.301. The molecule has 0 spiro atoms. The van der Waals surface area contributed by atoms with Gasteiger partial charge in [0.15, 0.2) is 0 Å². The molecular formula is C18H29BrN2. The largest absolute Gasteiger partial charge is 0.370 e. The molecule has 1 fully saturated rings. The number of nitrogens with zero attached hydrogens (tertiary/aromatic N) is 1. The minimum absolute atomic E-state index is 0.529. The molecule has 0 bridgehead atoms. The molecule has 1 aliphatic rings. The van der Waals surface area contributed by atoms with Crippen molar-refractivity contribution < 1.29 is 0 Å². The summed E-state index contributed by atoms with van der Waals surface area (Å²) in [4.78, 5) is 2.56. The third-order valence-electron chi connectivity index (χ3n) is 5.05. The second kappa shape index (κ2) is 7.64. The molecule has 3 heteroatoms. The maximum absolute atomic E-state index is 3.78. The molecule has 0 radical (unpaired) electrons. The van der Waals surface area contributed by atoms with Crippen LogP contribution < -0.4 is 10.2 Å². The number of benzene rings is 1. The zero-order valence-electron chi connectivity index (χ0n) is 13.7. The van der Waals surface area contributed by atoms with E-state index in [0.29, 0.717) is 5.41 Å². The van der Waals surface area contributed by atoms with Gasteiger partial charge < -0.3 is 10.2 Å². The third-order valence-corrected chi connectivity index (χ3v) is 5.68. The highest BCUT2D eigenvalue weighted by molar-refractivity contribution is 9.10. The van der Waals surface area contributed by atoms with Crippen LogP contribution in [0.2, 0.25) is 0 Å². The first kappa shape index (κ1) is 16.8. The van der Waals surface area contributed by atoms with E-state index in [2.05, 4.69) is 65.1 Å². The zero-order valence-corrected chi connectivity index (χ0v) is 15.3. The van der Waals surface area contributed by atoms with Gasteiger partial charge in [-0.3, -0.25) is 0 Å². The maximum atomic E-state index is 3.78. The van der Waals surface area contributed by atoms with Gasteiger partial charge in [-0.15, -0.1) is 0 Å². The highest BCUT2D eigenvalue weighted by Crippen LogP contribution is 2.41. The van der Waals surface area contributed by atoms with Crippen LogP contribution in [0.5, 0.6) is 0 Å². The van der Waals surface area contributed by atoms with Crippen LogP contribution in [0, 0.1) is 5.41 Å². The summed E-state index contributed by atoms with van der Waals surface area (Å²) < 4.78 is 1.24. The Hall–Kier alpha value is -0.540. The van der Waals surface area contributed by atoms with Gasteiger partial charge in [-0.2, -0.15) is 0 Å². The first-order chi connectivity index (χ1) is 10.1. The summed E-state index contributed by atoms with van der Waals surface area (Å²) in [6.07, 6.45) is 5.09. The molecule has 1 saturated heterocycles. The Morgan fingerprint density at radius 2 is 2.00 bits per heavy atom. The molecule has 21 heavy (non-hydrogen) atoms. The normalized spacial score (nSPS) is 17.4. The molecule has 0 saturated carbocycles. The van der Waals surface area contributed by atoms with E-state index in [9.17, 15) is 0 Å². The Morgan fingerprint density at radius 1 is 1.24 bits per heavy atom. The van der Waals surface area contributed by atoms with Crippen LogP contribution in [0.1, 0.15) is 52.0 Å². The number of hydrogen-bond donors (Lipinski definition) is 1. The van der Waals surface area contributed by atoms with E-state index < -0.39 is 0 Å². The molecule has 0 aliphatic carbocycles. The lowest BCUT2D eigenvalue weighted by Crippen LogP contribution is -2.26. The van der Waals surface area contributed by atoms with Crippen LogP contribution in [0.3, 0.4) is 0 Å². The molecule has 2 rings (SSSR count). The quantitative estimate of drug-likeness (QED) is 0.697. The fourth-order valence-electron chi connectivity index (χ4n) is 3.29. The fourth-order valence-corrected chi connectivity index (χ4v) is 3.97. The molecule has 1 aromatic rings. The van der Waals surface area contributed by atoms with E-state index in [-0.39, 0.29) is 0 Å². The summed E-state index contributed by atoms with van der Waals surface area (Å²) in [6.45, 7) is 11.3. The van der Waals surface area contributed by atoms with E-state index >= 15 is 0 Å². The molecule has 1 N–H and O–H groups in total. The highest BCUT2D eigenvalue weighted by atomic mass is 79.9. The summed E-state index contributed by atoms with van der Waals surface area (Å²) in [7, 11) is 0. The van der Waals surface area contributed by atoms with Crippen LogP contribution in [0.15, 0.2) is 22.7 Å². The lowest BCUT2D eigenvalue weighted by Gasteiger charge is -2.27. The van der Waals surface area contributed by atoms with E-state index in [4.69, 9.17) is 0 Å². The van der Waals surface area contributed by atoms with Crippen LogP contribution in [0.25, 0.3) is 0 Å². The van der Waals surface area contributed by atoms with Gasteiger partial charge in [0.1, 0.15) is 0 Å². The van der Waals surface area contributed by atoms with Crippen LogP contribution >= 0.6 is 15.9 Å². The molecule has 1 aliphatic heterocycles. The minimum Gasteiger partial charge on any atom is -0.370 e. The minimum atomic E-state index is 0.529. The number of halogens is 1. The summed E-state index contributed by atoms with van der Waals surface area (Å²) >= 11 is 3.78. The van der Waals surface area contributed by atoms with E-state index in [1.165, 1.54) is 54.5 Å². The molecule has 0 aromatic heterocycles. The van der Waals surface area contributed by atoms with Crippen molar-refractivity contribution in [1.82, 2.24) is 5.32 Å². The van der Waals surface area contributed by atoms with Gasteiger partial charge in [-0.1, -0.05) is 26.8 Å². The molecule has 1 heterocycles. The second-order valence-electron chi connectivity index (χ2n) is 6.34. The number of nitrogens with one attached hydrogen (secondary N) is 1. The Labute approximate surface area is 138 Å². The average Bonchev–Trinajstić information content (AvgIpc) is 2.93. The first-order valence-corrected chi connectivity index (χ1v) is 9.17. The summed E-state index contributed by atoms with van der Waals surface area (Å²) in [5.41, 5.74) is 3.24. The van der Waals surface area contributed by atoms with Crippen LogP contribution in [-0.2, 0) is 6.54 Å². The van der Waals surface area contributed by atoms with E-state index in [1.54, 1.807) is 0 Å². The predicted octanol–water partition coefficient (Wildman–Crippen LogP) is 4.97. The van der Waals surface area contributed by atoms with Crippen molar-refractivity contribution in [2.75, 3.05) is 24.5 Å². The van der Waals surface area contributed by atoms with Crippen molar-refractivity contribution in [2.24, 2.45) is 5.41 Å². The van der Waals surface area contributed by atoms with Gasteiger partial charge in [0, 0.05) is 24.1 Å². The summed E-state index contributed by atoms with van der Waals surface area (Å²) in [5, 5.41) is 3.46. The van der Waals surface area contributed by atoms with Crippen molar-refractivity contribution in [2.45, 2.75) is 53.0 Å². The third kappa shape index (κ3) is 4.01. The smallest absolute Gasteiger partial charge is 0.0511 e. The average molecular weight is 353 g/mol. The highest BCUT2D eigenvalue weighted by Gasteiger charge is 2.35. The van der Waals surface area contributed by atoms with Gasteiger partial charge in [-0.05, 0) is 71.3 Å². The topological polar surface area (TPSA) is 15.3 Å². The van der Waals surface area contributed by atoms with Gasteiger partial charge in [0.25, 0.3) is 0 Å². The standard InChI is InChI=1S/C18H29BrN2/c1-4-10-20-13-15-7-8-17(16(19)12-15)21-11-9-18(5-2,6-3)14-21/h7-8,12,20H,4-6,9-11,13-14H2,1-3H3. The monoisotopic (exact) mass is 352 g/mol. The fraction of sp³-hybridized carbons (Fsp3) is 0.667. The molecular weight excluding hydrogens is 324 g/mol. The Morgan fingerprint density at radius 3 is 2.57 bits per heavy atom. The Kier molecular flexibility index (Phi) is 6.12. The van der Waals surface area contributed by atoms with Crippen molar-refractivity contribution in [3.63, 3.8) is 0 Å². The number of rotatable bonds is 7. The second-order valence-corrected chi connectivity index (χ2v) is 7.20. The lowest BCUT2D eigenvalue weighted by atomic mass is 9.82. The SMILES string of the molecule is CCCNCc1ccc(N2CCC(CC)(CC)C2)c(Br)c1.